The van der Waals surface area contributed by atoms with Crippen LogP contribution in [0.3, 0.4) is 0 Å². The van der Waals surface area contributed by atoms with Crippen LogP contribution in [0.15, 0.2) is 24.3 Å². The van der Waals surface area contributed by atoms with Gasteiger partial charge in [-0.2, -0.15) is 0 Å². The molecule has 0 spiro atoms. The standard InChI is InChI=1S/C13H18N2O3/c1-3-7-18-9-12(16)15-11-6-4-5-10(8-11)13(17)14-2/h4-6,8H,3,7,9H2,1-2H3,(H,14,17)(H,15,16). The molecule has 0 aromatic heterocycles. The molecule has 5 heteroatoms. The molecule has 0 aliphatic rings. The number of benzene rings is 1. The average Bonchev–Trinajstić information content (AvgIpc) is 2.38. The molecule has 5 nitrogen and oxygen atoms in total. The topological polar surface area (TPSA) is 67.4 Å². The Bertz CT molecular complexity index is 418. The normalized spacial score (nSPS) is 9.89. The van der Waals surface area contributed by atoms with Gasteiger partial charge in [0, 0.05) is 24.9 Å². The summed E-state index contributed by atoms with van der Waals surface area (Å²) in [7, 11) is 1.56. The van der Waals surface area contributed by atoms with Crippen LogP contribution in [0.25, 0.3) is 0 Å². The molecule has 0 heterocycles. The highest BCUT2D eigenvalue weighted by atomic mass is 16.5. The Morgan fingerprint density at radius 3 is 2.78 bits per heavy atom. The molecule has 98 valence electrons. The van der Waals surface area contributed by atoms with Crippen molar-refractivity contribution in [3.63, 3.8) is 0 Å². The molecule has 18 heavy (non-hydrogen) atoms. The number of anilines is 1. The molecule has 0 bridgehead atoms. The maximum absolute atomic E-state index is 11.5. The quantitative estimate of drug-likeness (QED) is 0.750. The van der Waals surface area contributed by atoms with Crippen molar-refractivity contribution in [2.75, 3.05) is 25.6 Å². The second-order valence-electron chi connectivity index (χ2n) is 3.76. The number of carbonyl (C=O) groups is 2. The summed E-state index contributed by atoms with van der Waals surface area (Å²) in [5.74, 6) is -0.411. The predicted molar refractivity (Wildman–Crippen MR) is 69.6 cm³/mol. The minimum Gasteiger partial charge on any atom is -0.372 e. The van der Waals surface area contributed by atoms with E-state index in [0.717, 1.165) is 6.42 Å². The van der Waals surface area contributed by atoms with Crippen LogP contribution in [0.4, 0.5) is 5.69 Å². The molecule has 0 aliphatic heterocycles. The number of ether oxygens (including phenoxy) is 1. The Hall–Kier alpha value is -1.88. The van der Waals surface area contributed by atoms with Gasteiger partial charge in [-0.15, -0.1) is 0 Å². The second-order valence-corrected chi connectivity index (χ2v) is 3.76. The molecule has 0 fully saturated rings. The highest BCUT2D eigenvalue weighted by Gasteiger charge is 2.06. The first-order valence-corrected chi connectivity index (χ1v) is 5.87. The fraction of sp³-hybridized carbons (Fsp3) is 0.385. The van der Waals surface area contributed by atoms with E-state index in [1.165, 1.54) is 0 Å². The summed E-state index contributed by atoms with van der Waals surface area (Å²) in [5.41, 5.74) is 1.09. The van der Waals surface area contributed by atoms with Crippen LogP contribution >= 0.6 is 0 Å². The van der Waals surface area contributed by atoms with Gasteiger partial charge >= 0.3 is 0 Å². The molecule has 1 aromatic rings. The lowest BCUT2D eigenvalue weighted by atomic mass is 10.2. The number of carbonyl (C=O) groups excluding carboxylic acids is 2. The third-order valence-corrected chi connectivity index (χ3v) is 2.22. The van der Waals surface area contributed by atoms with Gasteiger partial charge in [0.1, 0.15) is 6.61 Å². The first kappa shape index (κ1) is 14.2. The molecular weight excluding hydrogens is 232 g/mol. The maximum Gasteiger partial charge on any atom is 0.251 e. The van der Waals surface area contributed by atoms with Crippen molar-refractivity contribution in [2.45, 2.75) is 13.3 Å². The maximum atomic E-state index is 11.5. The average molecular weight is 250 g/mol. The van der Waals surface area contributed by atoms with Gasteiger partial charge in [-0.3, -0.25) is 9.59 Å². The number of rotatable bonds is 6. The summed E-state index contributed by atoms with van der Waals surface area (Å²) in [6.45, 7) is 2.56. The summed E-state index contributed by atoms with van der Waals surface area (Å²) < 4.78 is 5.12. The van der Waals surface area contributed by atoms with Gasteiger partial charge < -0.3 is 15.4 Å². The summed E-state index contributed by atoms with van der Waals surface area (Å²) in [6, 6.07) is 6.75. The van der Waals surface area contributed by atoms with Gasteiger partial charge in [0.15, 0.2) is 0 Å². The Balaban J connectivity index is 2.56. The minimum atomic E-state index is -0.225. The lowest BCUT2D eigenvalue weighted by molar-refractivity contribution is -0.120. The first-order chi connectivity index (χ1) is 8.67. The van der Waals surface area contributed by atoms with E-state index in [1.807, 2.05) is 6.92 Å². The van der Waals surface area contributed by atoms with E-state index < -0.39 is 0 Å². The van der Waals surface area contributed by atoms with Gasteiger partial charge in [-0.05, 0) is 24.6 Å². The molecule has 2 N–H and O–H groups in total. The minimum absolute atomic E-state index is 0.0258. The highest BCUT2D eigenvalue weighted by Crippen LogP contribution is 2.10. The zero-order valence-corrected chi connectivity index (χ0v) is 10.7. The lowest BCUT2D eigenvalue weighted by Crippen LogP contribution is -2.20. The summed E-state index contributed by atoms with van der Waals surface area (Å²) >= 11 is 0. The number of hydrogen-bond acceptors (Lipinski definition) is 3. The van der Waals surface area contributed by atoms with Crippen molar-refractivity contribution in [2.24, 2.45) is 0 Å². The largest absolute Gasteiger partial charge is 0.372 e. The van der Waals surface area contributed by atoms with Crippen LogP contribution in [-0.4, -0.2) is 32.1 Å². The zero-order chi connectivity index (χ0) is 13.4. The first-order valence-electron chi connectivity index (χ1n) is 5.87. The van der Waals surface area contributed by atoms with Crippen LogP contribution in [-0.2, 0) is 9.53 Å². The SMILES string of the molecule is CCCOCC(=O)Nc1cccc(C(=O)NC)c1. The third kappa shape index (κ3) is 4.55. The van der Waals surface area contributed by atoms with Crippen molar-refractivity contribution < 1.29 is 14.3 Å². The van der Waals surface area contributed by atoms with E-state index in [0.29, 0.717) is 17.9 Å². The summed E-state index contributed by atoms with van der Waals surface area (Å²) in [4.78, 5) is 22.9. The number of amides is 2. The van der Waals surface area contributed by atoms with Gasteiger partial charge in [-0.1, -0.05) is 13.0 Å². The van der Waals surface area contributed by atoms with Crippen molar-refractivity contribution in [1.82, 2.24) is 5.32 Å². The van der Waals surface area contributed by atoms with Gasteiger partial charge in [0.05, 0.1) is 0 Å². The fourth-order valence-electron chi connectivity index (χ4n) is 1.39. The molecule has 0 saturated carbocycles. The van der Waals surface area contributed by atoms with Crippen molar-refractivity contribution in [3.8, 4) is 0 Å². The van der Waals surface area contributed by atoms with Crippen LogP contribution in [0, 0.1) is 0 Å². The molecular formula is C13H18N2O3. The molecule has 0 unspecified atom stereocenters. The van der Waals surface area contributed by atoms with Gasteiger partial charge in [0.25, 0.3) is 5.91 Å². The van der Waals surface area contributed by atoms with Crippen molar-refractivity contribution in [1.29, 1.82) is 0 Å². The summed E-state index contributed by atoms with van der Waals surface area (Å²) in [5, 5.41) is 5.20. The Morgan fingerprint density at radius 1 is 1.33 bits per heavy atom. The molecule has 0 atom stereocenters. The van der Waals surface area contributed by atoms with Crippen LogP contribution in [0.1, 0.15) is 23.7 Å². The monoisotopic (exact) mass is 250 g/mol. The second kappa shape index (κ2) is 7.45. The Morgan fingerprint density at radius 2 is 2.11 bits per heavy atom. The van der Waals surface area contributed by atoms with Crippen LogP contribution < -0.4 is 10.6 Å². The summed E-state index contributed by atoms with van der Waals surface area (Å²) in [6.07, 6.45) is 0.874. The Kier molecular flexibility index (Phi) is 5.87. The van der Waals surface area contributed by atoms with E-state index in [9.17, 15) is 9.59 Å². The van der Waals surface area contributed by atoms with Crippen molar-refractivity contribution >= 4 is 17.5 Å². The highest BCUT2D eigenvalue weighted by molar-refractivity contribution is 5.97. The molecule has 0 saturated heterocycles. The van der Waals surface area contributed by atoms with Crippen LogP contribution in [0.2, 0.25) is 0 Å². The predicted octanol–water partition coefficient (Wildman–Crippen LogP) is 1.41. The van der Waals surface area contributed by atoms with E-state index in [1.54, 1.807) is 31.3 Å². The van der Waals surface area contributed by atoms with E-state index in [-0.39, 0.29) is 18.4 Å². The molecule has 0 aliphatic carbocycles. The van der Waals surface area contributed by atoms with E-state index >= 15 is 0 Å². The van der Waals surface area contributed by atoms with Crippen LogP contribution in [0.5, 0.6) is 0 Å². The third-order valence-electron chi connectivity index (χ3n) is 2.22. The molecule has 0 radical (unpaired) electrons. The zero-order valence-electron chi connectivity index (χ0n) is 10.7. The van der Waals surface area contributed by atoms with E-state index in [2.05, 4.69) is 10.6 Å². The van der Waals surface area contributed by atoms with Gasteiger partial charge in [0.2, 0.25) is 5.91 Å². The fourth-order valence-corrected chi connectivity index (χ4v) is 1.39. The number of hydrogen-bond donors (Lipinski definition) is 2. The molecule has 1 rings (SSSR count). The molecule has 1 aromatic carbocycles. The van der Waals surface area contributed by atoms with Gasteiger partial charge in [-0.25, -0.2) is 0 Å². The smallest absolute Gasteiger partial charge is 0.251 e. The van der Waals surface area contributed by atoms with E-state index in [4.69, 9.17) is 4.74 Å². The number of nitrogens with one attached hydrogen (secondary N) is 2. The lowest BCUT2D eigenvalue weighted by Gasteiger charge is -2.07. The Labute approximate surface area is 107 Å². The molecule has 2 amide bonds. The van der Waals surface area contributed by atoms with Crippen molar-refractivity contribution in [3.05, 3.63) is 29.8 Å².